The summed E-state index contributed by atoms with van der Waals surface area (Å²) in [4.78, 5) is 0.214. The fourth-order valence-corrected chi connectivity index (χ4v) is 4.62. The Labute approximate surface area is 193 Å². The third kappa shape index (κ3) is 6.40. The number of rotatable bonds is 3. The van der Waals surface area contributed by atoms with Crippen LogP contribution in [0, 0.1) is 23.0 Å². The smallest absolute Gasteiger partial charge is 0.393 e. The van der Waals surface area contributed by atoms with Gasteiger partial charge in [0.15, 0.2) is 0 Å². The zero-order valence-corrected chi connectivity index (χ0v) is 18.5. The van der Waals surface area contributed by atoms with E-state index in [9.17, 15) is 31.3 Å². The van der Waals surface area contributed by atoms with Gasteiger partial charge in [0.1, 0.15) is 39.9 Å². The van der Waals surface area contributed by atoms with Crippen LogP contribution in [0.15, 0.2) is 40.1 Å². The van der Waals surface area contributed by atoms with E-state index < -0.39 is 52.1 Å². The second kappa shape index (κ2) is 10.5. The molecular weight excluding hydrogens is 499 g/mol. The second-order valence-electron chi connectivity index (χ2n) is 6.78. The molecule has 2 aromatic rings. The predicted molar refractivity (Wildman–Crippen MR) is 109 cm³/mol. The lowest BCUT2D eigenvalue weighted by Gasteiger charge is -2.20. The van der Waals surface area contributed by atoms with E-state index in [1.165, 1.54) is 10.4 Å². The van der Waals surface area contributed by atoms with Gasteiger partial charge in [0.2, 0.25) is 0 Å². The van der Waals surface area contributed by atoms with Crippen LogP contribution in [0.2, 0.25) is 5.02 Å². The normalized spacial score (nSPS) is 19.8. The highest BCUT2D eigenvalue weighted by Gasteiger charge is 2.39. The molecule has 3 rings (SSSR count). The van der Waals surface area contributed by atoms with Crippen molar-refractivity contribution in [2.24, 2.45) is 0 Å². The predicted octanol–water partition coefficient (Wildman–Crippen LogP) is 3.94. The molecule has 2 unspecified atom stereocenters. The summed E-state index contributed by atoms with van der Waals surface area (Å²) in [6, 6.07) is 5.99. The fraction of sp³-hybridized carbons (Fsp3) is 0.316. The summed E-state index contributed by atoms with van der Waals surface area (Å²) in [6.07, 6.45) is -4.29. The van der Waals surface area contributed by atoms with Crippen molar-refractivity contribution in [2.75, 3.05) is 19.7 Å². The van der Waals surface area contributed by atoms with Gasteiger partial charge < -0.3 is 10.2 Å². The summed E-state index contributed by atoms with van der Waals surface area (Å²) in [5, 5.41) is 26.9. The molecule has 1 heterocycles. The lowest BCUT2D eigenvalue weighted by atomic mass is 10.1. The third-order valence-electron chi connectivity index (χ3n) is 4.41. The maximum Gasteiger partial charge on any atom is 0.416 e. The molecule has 13 heteroatoms. The highest BCUT2D eigenvalue weighted by Crippen LogP contribution is 2.34. The number of alkyl halides is 3. The molecule has 0 spiro atoms. The van der Waals surface area contributed by atoms with Gasteiger partial charge in [-0.2, -0.15) is 18.4 Å². The van der Waals surface area contributed by atoms with Crippen molar-refractivity contribution in [1.82, 2.24) is 4.31 Å². The molecule has 0 amide bonds. The molecule has 1 aliphatic heterocycles. The molecule has 32 heavy (non-hydrogen) atoms. The minimum atomic E-state index is -4.52. The average molecular weight is 515 g/mol. The standard InChI is InChI=1S/C12H13ClF3NO3S.C7H3F2NS/c13-9-5-8(12(14,15)16)1-2-10(9)21(20)17-4-3-11(19,6-17)7-18;8-6-1-4(11)2-7(9)5(6)3-10/h1-2,5,18-19H,3-4,6-7H2;1-2,11H. The van der Waals surface area contributed by atoms with Crippen molar-refractivity contribution in [3.63, 3.8) is 0 Å². The van der Waals surface area contributed by atoms with Gasteiger partial charge in [-0.1, -0.05) is 11.6 Å². The van der Waals surface area contributed by atoms with Gasteiger partial charge >= 0.3 is 6.18 Å². The van der Waals surface area contributed by atoms with E-state index in [2.05, 4.69) is 12.6 Å². The van der Waals surface area contributed by atoms with Gasteiger partial charge in [0.05, 0.1) is 22.1 Å². The van der Waals surface area contributed by atoms with Crippen LogP contribution in [-0.4, -0.2) is 44.0 Å². The Morgan fingerprint density at radius 1 is 1.25 bits per heavy atom. The van der Waals surface area contributed by atoms with Crippen LogP contribution in [0.4, 0.5) is 22.0 Å². The number of β-amino-alcohol motifs (C(OH)–C–C–N with tert-alkyl or cyclic N) is 1. The Bertz CT molecular complexity index is 1040. The minimum absolute atomic E-state index is 0.0343. The molecule has 0 bridgehead atoms. The number of nitriles is 1. The molecule has 0 aliphatic carbocycles. The van der Waals surface area contributed by atoms with Gasteiger partial charge in [0.25, 0.3) is 0 Å². The molecule has 0 saturated carbocycles. The first kappa shape index (κ1) is 26.5. The van der Waals surface area contributed by atoms with E-state index in [1.54, 1.807) is 0 Å². The van der Waals surface area contributed by atoms with Crippen molar-refractivity contribution >= 4 is 35.2 Å². The number of hydrogen-bond acceptors (Lipinski definition) is 5. The topological polar surface area (TPSA) is 84.6 Å². The number of hydrogen-bond donors (Lipinski definition) is 3. The molecule has 2 N–H and O–H groups in total. The number of nitrogens with zero attached hydrogens (tertiary/aromatic N) is 2. The monoisotopic (exact) mass is 514 g/mol. The van der Waals surface area contributed by atoms with Crippen molar-refractivity contribution in [3.05, 3.63) is 58.1 Å². The molecule has 0 radical (unpaired) electrons. The van der Waals surface area contributed by atoms with Crippen LogP contribution >= 0.6 is 24.2 Å². The highest BCUT2D eigenvalue weighted by molar-refractivity contribution is 7.82. The number of halogens is 6. The molecule has 2 aromatic carbocycles. The number of aliphatic hydroxyl groups excluding tert-OH is 1. The van der Waals surface area contributed by atoms with Gasteiger partial charge in [-0.15, -0.1) is 12.6 Å². The Kier molecular flexibility index (Phi) is 8.66. The first-order valence-corrected chi connectivity index (χ1v) is 10.7. The SMILES string of the molecule is N#Cc1c(F)cc(S)cc1F.O=S(c1ccc(C(F)(F)F)cc1Cl)N1CCC(O)(CO)C1. The minimum Gasteiger partial charge on any atom is -0.393 e. The van der Waals surface area contributed by atoms with Gasteiger partial charge in [-0.05, 0) is 36.8 Å². The lowest BCUT2D eigenvalue weighted by molar-refractivity contribution is -0.137. The lowest BCUT2D eigenvalue weighted by Crippen LogP contribution is -2.37. The number of benzene rings is 2. The van der Waals surface area contributed by atoms with E-state index in [4.69, 9.17) is 22.0 Å². The zero-order chi connectivity index (χ0) is 24.3. The molecular formula is C19H16ClF5N2O3S2. The Morgan fingerprint density at radius 3 is 2.28 bits per heavy atom. The first-order chi connectivity index (χ1) is 14.8. The van der Waals surface area contributed by atoms with E-state index in [0.717, 1.165) is 30.3 Å². The number of thiol groups is 1. The third-order valence-corrected chi connectivity index (χ3v) is 6.61. The van der Waals surface area contributed by atoms with Crippen LogP contribution in [0.1, 0.15) is 17.5 Å². The summed E-state index contributed by atoms with van der Waals surface area (Å²) < 4.78 is 76.5. The van der Waals surface area contributed by atoms with Gasteiger partial charge in [-0.25, -0.2) is 17.3 Å². The molecule has 1 saturated heterocycles. The van der Waals surface area contributed by atoms with Crippen LogP contribution in [0.3, 0.4) is 0 Å². The molecule has 5 nitrogen and oxygen atoms in total. The van der Waals surface area contributed by atoms with E-state index in [1.807, 2.05) is 0 Å². The Morgan fingerprint density at radius 2 is 1.84 bits per heavy atom. The highest BCUT2D eigenvalue weighted by atomic mass is 35.5. The first-order valence-electron chi connectivity index (χ1n) is 8.76. The van der Waals surface area contributed by atoms with Gasteiger partial charge in [0, 0.05) is 18.0 Å². The van der Waals surface area contributed by atoms with E-state index in [-0.39, 0.29) is 34.3 Å². The Balaban J connectivity index is 0.000000278. The second-order valence-corrected chi connectivity index (χ2v) is 9.16. The molecule has 0 aromatic heterocycles. The average Bonchev–Trinajstić information content (AvgIpc) is 3.10. The van der Waals surface area contributed by atoms with Crippen molar-refractivity contribution < 1.29 is 36.4 Å². The molecule has 1 aliphatic rings. The summed E-state index contributed by atoms with van der Waals surface area (Å²) in [5.41, 5.74) is -2.82. The maximum absolute atomic E-state index is 12.6. The largest absolute Gasteiger partial charge is 0.416 e. The molecule has 1 fully saturated rings. The van der Waals surface area contributed by atoms with E-state index in [0.29, 0.717) is 0 Å². The van der Waals surface area contributed by atoms with Crippen LogP contribution < -0.4 is 0 Å². The summed E-state index contributed by atoms with van der Waals surface area (Å²) >= 11 is 9.50. The quantitative estimate of drug-likeness (QED) is 0.428. The Hall–Kier alpha value is -1.75. The van der Waals surface area contributed by atoms with Crippen molar-refractivity contribution in [1.29, 1.82) is 5.26 Å². The summed E-state index contributed by atoms with van der Waals surface area (Å²) in [7, 11) is -1.79. The van der Waals surface area contributed by atoms with Crippen molar-refractivity contribution in [2.45, 2.75) is 28.0 Å². The van der Waals surface area contributed by atoms with Gasteiger partial charge in [-0.3, -0.25) is 0 Å². The fourth-order valence-electron chi connectivity index (χ4n) is 2.71. The number of aliphatic hydroxyl groups is 2. The molecule has 174 valence electrons. The van der Waals surface area contributed by atoms with Crippen LogP contribution in [0.25, 0.3) is 0 Å². The summed E-state index contributed by atoms with van der Waals surface area (Å²) in [5.74, 6) is -1.75. The van der Waals surface area contributed by atoms with Crippen LogP contribution in [0.5, 0.6) is 0 Å². The van der Waals surface area contributed by atoms with Crippen molar-refractivity contribution in [3.8, 4) is 6.07 Å². The summed E-state index contributed by atoms with van der Waals surface area (Å²) in [6.45, 7) is -0.254. The van der Waals surface area contributed by atoms with E-state index >= 15 is 0 Å². The zero-order valence-electron chi connectivity index (χ0n) is 16.0. The molecule has 2 atom stereocenters. The van der Waals surface area contributed by atoms with Crippen LogP contribution in [-0.2, 0) is 17.2 Å². The maximum atomic E-state index is 12.6.